The van der Waals surface area contributed by atoms with E-state index < -0.39 is 23.9 Å². The van der Waals surface area contributed by atoms with Crippen molar-refractivity contribution in [2.75, 3.05) is 7.11 Å². The molecule has 0 aliphatic heterocycles. The molecule has 1 atom stereocenters. The molecule has 0 spiro atoms. The first-order valence-electron chi connectivity index (χ1n) is 10.4. The second-order valence-corrected chi connectivity index (χ2v) is 7.67. The summed E-state index contributed by atoms with van der Waals surface area (Å²) in [5, 5.41) is 22.0. The Bertz CT molecular complexity index is 1370. The lowest BCUT2D eigenvalue weighted by atomic mass is 9.99. The minimum Gasteiger partial charge on any atom is -0.497 e. The van der Waals surface area contributed by atoms with Crippen LogP contribution in [0.2, 0.25) is 0 Å². The predicted molar refractivity (Wildman–Crippen MR) is 124 cm³/mol. The zero-order valence-corrected chi connectivity index (χ0v) is 18.1. The Kier molecular flexibility index (Phi) is 6.31. The second kappa shape index (κ2) is 9.50. The number of hydrogen-bond donors (Lipinski definition) is 3. The van der Waals surface area contributed by atoms with E-state index in [1.807, 2.05) is 0 Å². The maximum absolute atomic E-state index is 12.7. The van der Waals surface area contributed by atoms with Crippen LogP contribution in [0.5, 0.6) is 5.75 Å². The fraction of sp³-hybridized carbons (Fsp3) is 0.115. The van der Waals surface area contributed by atoms with Crippen LogP contribution in [0.15, 0.2) is 77.2 Å². The van der Waals surface area contributed by atoms with Crippen LogP contribution in [0.3, 0.4) is 0 Å². The monoisotopic (exact) mass is 459 g/mol. The van der Waals surface area contributed by atoms with Gasteiger partial charge in [-0.3, -0.25) is 4.79 Å². The number of rotatable bonds is 8. The van der Waals surface area contributed by atoms with Gasteiger partial charge in [-0.15, -0.1) is 0 Å². The zero-order valence-electron chi connectivity index (χ0n) is 18.1. The molecule has 0 radical (unpaired) electrons. The third-order valence-electron chi connectivity index (χ3n) is 5.39. The van der Waals surface area contributed by atoms with Gasteiger partial charge < -0.3 is 24.7 Å². The first kappa shape index (κ1) is 22.6. The van der Waals surface area contributed by atoms with E-state index in [2.05, 4.69) is 5.32 Å². The average molecular weight is 459 g/mol. The molecule has 4 aromatic rings. The van der Waals surface area contributed by atoms with Gasteiger partial charge in [0.15, 0.2) is 5.76 Å². The SMILES string of the molecule is COc1ccc2oc(C(=O)N[C@@H](Cc3ccc(-c4cccc(C(=O)O)c4)cc3)C(=O)O)cc2c1. The van der Waals surface area contributed by atoms with E-state index in [9.17, 15) is 19.5 Å². The molecule has 1 amide bonds. The van der Waals surface area contributed by atoms with Gasteiger partial charge in [0, 0.05) is 11.8 Å². The van der Waals surface area contributed by atoms with E-state index in [0.29, 0.717) is 22.3 Å². The van der Waals surface area contributed by atoms with Gasteiger partial charge in [-0.2, -0.15) is 0 Å². The maximum atomic E-state index is 12.7. The molecule has 34 heavy (non-hydrogen) atoms. The fourth-order valence-corrected chi connectivity index (χ4v) is 3.59. The third kappa shape index (κ3) is 4.91. The van der Waals surface area contributed by atoms with Crippen molar-refractivity contribution in [2.24, 2.45) is 0 Å². The number of aliphatic carboxylic acids is 1. The maximum Gasteiger partial charge on any atom is 0.335 e. The highest BCUT2D eigenvalue weighted by Gasteiger charge is 2.23. The molecule has 3 N–H and O–H groups in total. The number of amides is 1. The number of carboxylic acids is 2. The Balaban J connectivity index is 1.48. The van der Waals surface area contributed by atoms with Crippen molar-refractivity contribution in [3.63, 3.8) is 0 Å². The number of carbonyl (C=O) groups excluding carboxylic acids is 1. The van der Waals surface area contributed by atoms with Crippen molar-refractivity contribution in [1.82, 2.24) is 5.32 Å². The molecule has 3 aromatic carbocycles. The fourth-order valence-electron chi connectivity index (χ4n) is 3.59. The van der Waals surface area contributed by atoms with Crippen molar-refractivity contribution in [2.45, 2.75) is 12.5 Å². The van der Waals surface area contributed by atoms with Gasteiger partial charge in [0.2, 0.25) is 0 Å². The highest BCUT2D eigenvalue weighted by atomic mass is 16.5. The molecular formula is C26H21NO7. The summed E-state index contributed by atoms with van der Waals surface area (Å²) in [6, 6.07) is 19.1. The van der Waals surface area contributed by atoms with Gasteiger partial charge in [0.25, 0.3) is 5.91 Å². The highest BCUT2D eigenvalue weighted by molar-refractivity contribution is 5.98. The normalized spacial score (nSPS) is 11.7. The van der Waals surface area contributed by atoms with E-state index in [-0.39, 0.29) is 17.7 Å². The summed E-state index contributed by atoms with van der Waals surface area (Å²) < 4.78 is 10.7. The van der Waals surface area contributed by atoms with Gasteiger partial charge in [-0.25, -0.2) is 9.59 Å². The van der Waals surface area contributed by atoms with Gasteiger partial charge in [0.05, 0.1) is 12.7 Å². The van der Waals surface area contributed by atoms with Crippen LogP contribution in [-0.2, 0) is 11.2 Å². The number of nitrogens with one attached hydrogen (secondary N) is 1. The topological polar surface area (TPSA) is 126 Å². The van der Waals surface area contributed by atoms with Crippen molar-refractivity contribution < 1.29 is 33.8 Å². The number of furan rings is 1. The highest BCUT2D eigenvalue weighted by Crippen LogP contribution is 2.25. The van der Waals surface area contributed by atoms with Crippen molar-refractivity contribution in [3.8, 4) is 16.9 Å². The zero-order chi connectivity index (χ0) is 24.2. The molecular weight excluding hydrogens is 438 g/mol. The van der Waals surface area contributed by atoms with E-state index in [1.165, 1.54) is 19.2 Å². The number of methoxy groups -OCH3 is 1. The summed E-state index contributed by atoms with van der Waals surface area (Å²) in [6.07, 6.45) is 0.0601. The molecule has 1 aromatic heterocycles. The second-order valence-electron chi connectivity index (χ2n) is 7.67. The average Bonchev–Trinajstić information content (AvgIpc) is 3.27. The van der Waals surface area contributed by atoms with E-state index >= 15 is 0 Å². The quantitative estimate of drug-likeness (QED) is 0.360. The lowest BCUT2D eigenvalue weighted by Gasteiger charge is -2.14. The molecule has 0 bridgehead atoms. The lowest BCUT2D eigenvalue weighted by molar-refractivity contribution is -0.139. The summed E-state index contributed by atoms with van der Waals surface area (Å²) in [6.45, 7) is 0. The lowest BCUT2D eigenvalue weighted by Crippen LogP contribution is -2.42. The van der Waals surface area contributed by atoms with E-state index in [1.54, 1.807) is 60.7 Å². The summed E-state index contributed by atoms with van der Waals surface area (Å²) in [4.78, 5) is 35.6. The summed E-state index contributed by atoms with van der Waals surface area (Å²) in [5.74, 6) is -2.21. The van der Waals surface area contributed by atoms with Gasteiger partial charge in [-0.05, 0) is 53.1 Å². The van der Waals surface area contributed by atoms with Crippen LogP contribution in [0.1, 0.15) is 26.5 Å². The molecule has 8 nitrogen and oxygen atoms in total. The smallest absolute Gasteiger partial charge is 0.335 e. The Morgan fingerprint density at radius 3 is 2.38 bits per heavy atom. The van der Waals surface area contributed by atoms with Gasteiger partial charge >= 0.3 is 11.9 Å². The largest absolute Gasteiger partial charge is 0.497 e. The Labute approximate surface area is 194 Å². The van der Waals surface area contributed by atoms with Gasteiger partial charge in [0.1, 0.15) is 17.4 Å². The number of ether oxygens (including phenoxy) is 1. The number of fused-ring (bicyclic) bond motifs is 1. The Morgan fingerprint density at radius 1 is 0.941 bits per heavy atom. The molecule has 4 rings (SSSR count). The molecule has 0 aliphatic rings. The molecule has 0 aliphatic carbocycles. The van der Waals surface area contributed by atoms with E-state index in [0.717, 1.165) is 11.1 Å². The van der Waals surface area contributed by atoms with Crippen LogP contribution in [0, 0.1) is 0 Å². The minimum atomic E-state index is -1.18. The number of carbonyl (C=O) groups is 3. The van der Waals surface area contributed by atoms with Crippen LogP contribution < -0.4 is 10.1 Å². The molecule has 0 saturated heterocycles. The predicted octanol–water partition coefficient (Wildman–Crippen LogP) is 4.23. The van der Waals surface area contributed by atoms with E-state index in [4.69, 9.17) is 14.3 Å². The number of benzene rings is 3. The first-order valence-corrected chi connectivity index (χ1v) is 10.4. The van der Waals surface area contributed by atoms with Gasteiger partial charge in [-0.1, -0.05) is 36.4 Å². The molecule has 0 fully saturated rings. The standard InChI is InChI=1S/C26H21NO7/c1-33-20-9-10-22-19(13-20)14-23(34-22)24(28)27-21(26(31)32)11-15-5-7-16(8-6-15)17-3-2-4-18(12-17)25(29)30/h2-10,12-14,21H,11H2,1H3,(H,27,28)(H,29,30)(H,31,32)/t21-/m0/s1. The summed E-state index contributed by atoms with van der Waals surface area (Å²) in [7, 11) is 1.53. The summed E-state index contributed by atoms with van der Waals surface area (Å²) in [5.41, 5.74) is 2.89. The number of carboxylic acid groups (broad SMARTS) is 2. The summed E-state index contributed by atoms with van der Waals surface area (Å²) >= 11 is 0. The van der Waals surface area contributed by atoms with Crippen LogP contribution >= 0.6 is 0 Å². The molecule has 1 heterocycles. The van der Waals surface area contributed by atoms with Crippen molar-refractivity contribution >= 4 is 28.8 Å². The molecule has 0 saturated carbocycles. The van der Waals surface area contributed by atoms with Crippen LogP contribution in [0.25, 0.3) is 22.1 Å². The molecule has 172 valence electrons. The Hall–Kier alpha value is -4.59. The van der Waals surface area contributed by atoms with Crippen LogP contribution in [0.4, 0.5) is 0 Å². The first-order chi connectivity index (χ1) is 16.3. The van der Waals surface area contributed by atoms with Crippen LogP contribution in [-0.4, -0.2) is 41.2 Å². The third-order valence-corrected chi connectivity index (χ3v) is 5.39. The van der Waals surface area contributed by atoms with Crippen molar-refractivity contribution in [3.05, 3.63) is 89.7 Å². The molecule has 8 heteroatoms. The minimum absolute atomic E-state index is 0.00293. The molecule has 0 unspecified atom stereocenters. The number of aromatic carboxylic acids is 1. The Morgan fingerprint density at radius 2 is 1.71 bits per heavy atom. The van der Waals surface area contributed by atoms with Crippen molar-refractivity contribution in [1.29, 1.82) is 0 Å². The number of hydrogen-bond acceptors (Lipinski definition) is 5.